The molecule has 2 saturated carbocycles. The summed E-state index contributed by atoms with van der Waals surface area (Å²) in [5.74, 6) is -2.81. The molecule has 15 nitrogen and oxygen atoms in total. The number of alkyl halides is 3. The second-order valence-electron chi connectivity index (χ2n) is 17.2. The molecule has 4 aliphatic rings. The lowest BCUT2D eigenvalue weighted by molar-refractivity contribution is -0.244. The summed E-state index contributed by atoms with van der Waals surface area (Å²) in [5.41, 5.74) is -4.56. The summed E-state index contributed by atoms with van der Waals surface area (Å²) in [7, 11) is -1.15. The molecule has 2 aliphatic carbocycles. The zero-order valence-electron chi connectivity index (χ0n) is 34.8. The molecule has 7 unspecified atom stereocenters. The molecule has 3 N–H and O–H groups in total. The first kappa shape index (κ1) is 44.7. The molecule has 1 aromatic carbocycles. The van der Waals surface area contributed by atoms with Crippen LogP contribution in [0.2, 0.25) is 0 Å². The number of halogens is 3. The van der Waals surface area contributed by atoms with Crippen molar-refractivity contribution >= 4 is 44.6 Å². The number of carbonyl (C=O) groups excluding carboxylic acids is 4. The van der Waals surface area contributed by atoms with Crippen molar-refractivity contribution in [2.75, 3.05) is 20.8 Å². The minimum absolute atomic E-state index is 0.0441. The molecule has 1 aromatic heterocycles. The molecular weight excluding hydrogens is 812 g/mol. The molecule has 1 saturated heterocycles. The minimum atomic E-state index is -4.92. The van der Waals surface area contributed by atoms with Crippen molar-refractivity contribution in [3.8, 4) is 17.5 Å². The number of hydrogen-bond acceptors (Lipinski definition) is 11. The summed E-state index contributed by atoms with van der Waals surface area (Å²) >= 11 is 0. The van der Waals surface area contributed by atoms with Crippen molar-refractivity contribution in [2.24, 2.45) is 17.8 Å². The van der Waals surface area contributed by atoms with E-state index in [0.29, 0.717) is 68.9 Å². The van der Waals surface area contributed by atoms with Crippen molar-refractivity contribution < 1.29 is 59.7 Å². The maximum absolute atomic E-state index is 15.0. The maximum atomic E-state index is 15.0. The average molecular weight is 866 g/mol. The van der Waals surface area contributed by atoms with Gasteiger partial charge >= 0.3 is 12.3 Å². The number of pyridine rings is 1. The number of nitrogens with one attached hydrogen (secondary N) is 3. The Bertz CT molecular complexity index is 2140. The van der Waals surface area contributed by atoms with Crippen LogP contribution in [-0.4, -0.2) is 103 Å². The summed E-state index contributed by atoms with van der Waals surface area (Å²) in [4.78, 5) is 62.5. The predicted molar refractivity (Wildman–Crippen MR) is 213 cm³/mol. The van der Waals surface area contributed by atoms with E-state index in [1.807, 2.05) is 13.0 Å². The number of alkyl carbamates (subject to hydrolysis) is 1. The van der Waals surface area contributed by atoms with Crippen molar-refractivity contribution in [1.82, 2.24) is 25.2 Å². The van der Waals surface area contributed by atoms with E-state index in [-0.39, 0.29) is 37.1 Å². The van der Waals surface area contributed by atoms with E-state index in [1.165, 1.54) is 26.0 Å². The van der Waals surface area contributed by atoms with Crippen LogP contribution in [0.3, 0.4) is 0 Å². The highest BCUT2D eigenvalue weighted by molar-refractivity contribution is 7.91. The largest absolute Gasteiger partial charge is 0.497 e. The molecule has 3 heterocycles. The molecule has 6 rings (SSSR count). The molecule has 19 heteroatoms. The fourth-order valence-electron chi connectivity index (χ4n) is 7.92. The van der Waals surface area contributed by atoms with Crippen molar-refractivity contribution in [2.45, 2.75) is 126 Å². The van der Waals surface area contributed by atoms with Crippen LogP contribution in [0.5, 0.6) is 17.5 Å². The van der Waals surface area contributed by atoms with Gasteiger partial charge in [0.05, 0.1) is 25.5 Å². The highest BCUT2D eigenvalue weighted by atomic mass is 32.2. The van der Waals surface area contributed by atoms with Gasteiger partial charge in [-0.05, 0) is 94.7 Å². The Hall–Kier alpha value is -4.81. The van der Waals surface area contributed by atoms with Gasteiger partial charge in [-0.1, -0.05) is 32.4 Å². The highest BCUT2D eigenvalue weighted by Gasteiger charge is 2.63. The van der Waals surface area contributed by atoms with Gasteiger partial charge in [-0.25, -0.2) is 13.2 Å². The minimum Gasteiger partial charge on any atom is -0.497 e. The first-order valence-electron chi connectivity index (χ1n) is 20.2. The van der Waals surface area contributed by atoms with Gasteiger partial charge in [-0.3, -0.25) is 19.1 Å². The quantitative estimate of drug-likeness (QED) is 0.262. The lowest BCUT2D eigenvalue weighted by Gasteiger charge is -2.35. The Balaban J connectivity index is 1.39. The number of fused-ring (bicyclic) bond motifs is 3. The molecule has 0 spiro atoms. The maximum Gasteiger partial charge on any atom is 0.427 e. The molecule has 0 bridgehead atoms. The Morgan fingerprint density at radius 2 is 1.80 bits per heavy atom. The summed E-state index contributed by atoms with van der Waals surface area (Å²) in [6.45, 7) is 6.43. The van der Waals surface area contributed by atoms with Crippen LogP contribution in [0.1, 0.15) is 86.0 Å². The summed E-state index contributed by atoms with van der Waals surface area (Å²) < 4.78 is 91.1. The predicted octanol–water partition coefficient (Wildman–Crippen LogP) is 5.31. The van der Waals surface area contributed by atoms with Gasteiger partial charge in [0.2, 0.25) is 39.2 Å². The standard InChI is InChI=1S/C41H54F3N5O10S/c1-8-24-17-23(2)11-9-10-12-26-21-40(26,36(52)48-60(54,55)39(5)15-16-39)47-33(50)30-20-28(58-34-29-14-13-27(56-6)18-25(29)19-31(45-34)57-7)22-49(30)35(51)32(24)46-37(53)59-38(3,4)41(42,43)44/h10,12-14,18-19,23-24,26,28,30,32H,8-9,11,15-17,20-22H2,1-7H3,(H,46,53)(H,47,50)(H,48,52). The molecule has 0 radical (unpaired) electrons. The van der Waals surface area contributed by atoms with E-state index >= 15 is 0 Å². The number of sulfonamides is 1. The third kappa shape index (κ3) is 9.10. The number of carbonyl (C=O) groups is 4. The van der Waals surface area contributed by atoms with Crippen molar-refractivity contribution in [1.29, 1.82) is 0 Å². The summed E-state index contributed by atoms with van der Waals surface area (Å²) in [6.07, 6.45) is -1.11. The van der Waals surface area contributed by atoms with Gasteiger partial charge in [-0.2, -0.15) is 18.2 Å². The van der Waals surface area contributed by atoms with Gasteiger partial charge in [0, 0.05) is 23.8 Å². The number of aromatic nitrogens is 1. The number of amides is 4. The van der Waals surface area contributed by atoms with E-state index in [4.69, 9.17) is 18.9 Å². The monoisotopic (exact) mass is 865 g/mol. The summed E-state index contributed by atoms with van der Waals surface area (Å²) in [6, 6.07) is 4.06. The number of hydrogen-bond donors (Lipinski definition) is 3. The van der Waals surface area contributed by atoms with E-state index in [0.717, 1.165) is 0 Å². The Labute approximate surface area is 347 Å². The Morgan fingerprint density at radius 3 is 2.43 bits per heavy atom. The van der Waals surface area contributed by atoms with Crippen LogP contribution >= 0.6 is 0 Å². The first-order valence-corrected chi connectivity index (χ1v) is 21.7. The van der Waals surface area contributed by atoms with Crippen LogP contribution < -0.4 is 29.6 Å². The molecule has 2 aromatic rings. The zero-order valence-corrected chi connectivity index (χ0v) is 35.6. The van der Waals surface area contributed by atoms with Crippen LogP contribution in [-0.2, 0) is 29.1 Å². The van der Waals surface area contributed by atoms with Crippen molar-refractivity contribution in [3.05, 3.63) is 36.4 Å². The van der Waals surface area contributed by atoms with E-state index in [2.05, 4.69) is 20.3 Å². The molecular formula is C41H54F3N5O10S. The second kappa shape index (κ2) is 16.6. The number of ether oxygens (including phenoxy) is 4. The molecule has 60 heavy (non-hydrogen) atoms. The van der Waals surface area contributed by atoms with Gasteiger partial charge in [0.1, 0.15) is 29.5 Å². The van der Waals surface area contributed by atoms with Gasteiger partial charge in [0.15, 0.2) is 0 Å². The van der Waals surface area contributed by atoms with E-state index < -0.39 is 85.9 Å². The Morgan fingerprint density at radius 1 is 1.08 bits per heavy atom. The van der Waals surface area contributed by atoms with Crippen LogP contribution in [0.25, 0.3) is 10.8 Å². The van der Waals surface area contributed by atoms with Gasteiger partial charge in [-0.15, -0.1) is 0 Å². The van der Waals surface area contributed by atoms with Crippen LogP contribution in [0, 0.1) is 17.8 Å². The number of benzene rings is 1. The van der Waals surface area contributed by atoms with E-state index in [1.54, 1.807) is 37.3 Å². The third-order valence-electron chi connectivity index (χ3n) is 12.4. The molecule has 330 valence electrons. The topological polar surface area (TPSA) is 192 Å². The fraction of sp³-hybridized carbons (Fsp3) is 0.634. The SMILES string of the molecule is CCC1CC(C)CCC=CC2CC2(C(=O)NS(=O)(=O)C2(C)CC2)NC(=O)C2CC(Oc3nc(OC)cc4cc(OC)ccc34)CN2C(=O)C1NC(=O)OC(C)(C)C(F)(F)F. The van der Waals surface area contributed by atoms with Crippen LogP contribution in [0.4, 0.5) is 18.0 Å². The number of nitrogens with zero attached hydrogens (tertiary/aromatic N) is 2. The number of allylic oxidation sites excluding steroid dienone is 1. The first-order chi connectivity index (χ1) is 28.1. The molecule has 4 amide bonds. The van der Waals surface area contributed by atoms with Gasteiger partial charge < -0.3 is 34.5 Å². The zero-order chi connectivity index (χ0) is 44.0. The summed E-state index contributed by atoms with van der Waals surface area (Å²) in [5, 5.41) is 6.44. The van der Waals surface area contributed by atoms with E-state index in [9.17, 15) is 40.8 Å². The number of methoxy groups -OCH3 is 2. The third-order valence-corrected chi connectivity index (χ3v) is 14.5. The number of rotatable bonds is 10. The fourth-order valence-corrected chi connectivity index (χ4v) is 9.23. The molecule has 2 aliphatic heterocycles. The lowest BCUT2D eigenvalue weighted by atomic mass is 9.85. The van der Waals surface area contributed by atoms with Gasteiger partial charge in [0.25, 0.3) is 5.91 Å². The molecule has 7 atom stereocenters. The van der Waals surface area contributed by atoms with Crippen LogP contribution in [0.15, 0.2) is 36.4 Å². The molecule has 3 fully saturated rings. The normalized spacial score (nSPS) is 28.3. The highest BCUT2D eigenvalue weighted by Crippen LogP contribution is 2.48. The average Bonchev–Trinajstić information content (AvgIpc) is 4.06. The van der Waals surface area contributed by atoms with Crippen molar-refractivity contribution in [3.63, 3.8) is 0 Å². The lowest BCUT2D eigenvalue weighted by Crippen LogP contribution is -2.60. The second-order valence-corrected chi connectivity index (χ2v) is 19.4. The smallest absolute Gasteiger partial charge is 0.427 e. The Kier molecular flexibility index (Phi) is 12.4.